The maximum Gasteiger partial charge on any atom is 0.362 e. The van der Waals surface area contributed by atoms with Gasteiger partial charge in [-0.15, -0.1) is 0 Å². The van der Waals surface area contributed by atoms with Crippen molar-refractivity contribution in [1.29, 1.82) is 0 Å². The van der Waals surface area contributed by atoms with Crippen LogP contribution in [0.1, 0.15) is 16.2 Å². The summed E-state index contributed by atoms with van der Waals surface area (Å²) in [6.07, 6.45) is 1.39. The Morgan fingerprint density at radius 2 is 1.95 bits per heavy atom. The Balaban J connectivity index is 2.66. The lowest BCUT2D eigenvalue weighted by Crippen LogP contribution is -2.29. The van der Waals surface area contributed by atoms with Crippen molar-refractivity contribution in [3.63, 3.8) is 0 Å². The van der Waals surface area contributed by atoms with Crippen LogP contribution in [0.25, 0.3) is 5.69 Å². The van der Waals surface area contributed by atoms with Crippen molar-refractivity contribution >= 4 is 5.97 Å². The number of rotatable bonds is 2. The summed E-state index contributed by atoms with van der Waals surface area (Å²) in [7, 11) is 1.17. The van der Waals surface area contributed by atoms with Gasteiger partial charge in [0.1, 0.15) is 5.82 Å². The molecule has 0 N–H and O–H groups in total. The highest BCUT2D eigenvalue weighted by atomic mass is 19.1. The normalized spacial score (nSPS) is 10.3. The topological polar surface area (TPSA) is 61.2 Å². The van der Waals surface area contributed by atoms with E-state index in [9.17, 15) is 14.0 Å². The summed E-state index contributed by atoms with van der Waals surface area (Å²) in [6, 6.07) is 5.37. The van der Waals surface area contributed by atoms with E-state index in [1.807, 2.05) is 0 Å². The first-order valence-electron chi connectivity index (χ1n) is 5.47. The fraction of sp³-hybridized carbons (Fsp3) is 0.154. The summed E-state index contributed by atoms with van der Waals surface area (Å²) in [5.74, 6) is -1.21. The summed E-state index contributed by atoms with van der Waals surface area (Å²) in [6.45, 7) is 1.67. The third kappa shape index (κ3) is 2.37. The third-order valence-corrected chi connectivity index (χ3v) is 2.60. The second kappa shape index (κ2) is 5.01. The number of carbonyl (C=O) groups is 1. The van der Waals surface area contributed by atoms with Crippen LogP contribution in [0, 0.1) is 12.7 Å². The first-order chi connectivity index (χ1) is 9.04. The minimum absolute atomic E-state index is 0.308. The number of hydrogen-bond donors (Lipinski definition) is 0. The summed E-state index contributed by atoms with van der Waals surface area (Å²) >= 11 is 0. The number of halogens is 1. The van der Waals surface area contributed by atoms with Gasteiger partial charge in [-0.2, -0.15) is 0 Å². The molecule has 1 aromatic carbocycles. The second-order valence-corrected chi connectivity index (χ2v) is 3.86. The first kappa shape index (κ1) is 12.9. The van der Waals surface area contributed by atoms with Crippen LogP contribution in [0.4, 0.5) is 4.39 Å². The molecule has 5 nitrogen and oxygen atoms in total. The lowest BCUT2D eigenvalue weighted by Gasteiger charge is -2.10. The zero-order valence-corrected chi connectivity index (χ0v) is 10.4. The van der Waals surface area contributed by atoms with Gasteiger partial charge in [0, 0.05) is 17.6 Å². The molecule has 0 bridgehead atoms. The molecular formula is C13H11FN2O3. The molecule has 0 saturated carbocycles. The van der Waals surface area contributed by atoms with E-state index in [0.29, 0.717) is 11.4 Å². The van der Waals surface area contributed by atoms with Crippen molar-refractivity contribution in [3.05, 3.63) is 58.0 Å². The van der Waals surface area contributed by atoms with Gasteiger partial charge in [0.25, 0.3) is 5.56 Å². The van der Waals surface area contributed by atoms with Gasteiger partial charge in [-0.1, -0.05) is 0 Å². The van der Waals surface area contributed by atoms with Crippen LogP contribution in [0.15, 0.2) is 35.3 Å². The Kier molecular flexibility index (Phi) is 3.41. The maximum atomic E-state index is 12.9. The quantitative estimate of drug-likeness (QED) is 0.769. The number of benzene rings is 1. The number of methoxy groups -OCH3 is 1. The molecule has 0 aliphatic carbocycles. The van der Waals surface area contributed by atoms with E-state index in [0.717, 1.165) is 0 Å². The van der Waals surface area contributed by atoms with E-state index in [1.165, 1.54) is 42.1 Å². The summed E-state index contributed by atoms with van der Waals surface area (Å²) in [5, 5.41) is 0. The zero-order chi connectivity index (χ0) is 14.0. The van der Waals surface area contributed by atoms with Gasteiger partial charge in [-0.05, 0) is 31.2 Å². The Morgan fingerprint density at radius 3 is 2.53 bits per heavy atom. The molecule has 2 aromatic rings. The second-order valence-electron chi connectivity index (χ2n) is 3.86. The van der Waals surface area contributed by atoms with Crippen molar-refractivity contribution in [2.45, 2.75) is 6.92 Å². The van der Waals surface area contributed by atoms with Crippen LogP contribution in [0.3, 0.4) is 0 Å². The van der Waals surface area contributed by atoms with Crippen molar-refractivity contribution in [2.24, 2.45) is 0 Å². The Labute approximate surface area is 108 Å². The molecule has 0 spiro atoms. The highest BCUT2D eigenvalue weighted by molar-refractivity contribution is 5.86. The monoisotopic (exact) mass is 262 g/mol. The van der Waals surface area contributed by atoms with Crippen molar-refractivity contribution in [2.75, 3.05) is 7.11 Å². The molecule has 6 heteroatoms. The molecule has 19 heavy (non-hydrogen) atoms. The minimum Gasteiger partial charge on any atom is -0.464 e. The molecule has 1 heterocycles. The standard InChI is InChI=1S/C13H11FN2O3/c1-8-7-15-11(13(18)19-2)12(17)16(8)10-5-3-9(14)4-6-10/h3-7H,1-2H3. The number of ether oxygens (including phenoxy) is 1. The van der Waals surface area contributed by atoms with Gasteiger partial charge in [0.15, 0.2) is 0 Å². The molecule has 98 valence electrons. The molecule has 0 radical (unpaired) electrons. The van der Waals surface area contributed by atoms with Gasteiger partial charge >= 0.3 is 5.97 Å². The van der Waals surface area contributed by atoms with E-state index in [-0.39, 0.29) is 5.69 Å². The van der Waals surface area contributed by atoms with Crippen LogP contribution in [0.5, 0.6) is 0 Å². The number of nitrogens with zero attached hydrogens (tertiary/aromatic N) is 2. The van der Waals surface area contributed by atoms with E-state index in [4.69, 9.17) is 0 Å². The lowest BCUT2D eigenvalue weighted by atomic mass is 10.3. The minimum atomic E-state index is -0.805. The van der Waals surface area contributed by atoms with Crippen molar-refractivity contribution in [1.82, 2.24) is 9.55 Å². The van der Waals surface area contributed by atoms with E-state index in [1.54, 1.807) is 6.92 Å². The Morgan fingerprint density at radius 1 is 1.32 bits per heavy atom. The molecule has 0 fully saturated rings. The number of aryl methyl sites for hydroxylation is 1. The predicted octanol–water partition coefficient (Wildman–Crippen LogP) is 1.47. The maximum absolute atomic E-state index is 12.9. The number of hydrogen-bond acceptors (Lipinski definition) is 4. The third-order valence-electron chi connectivity index (χ3n) is 2.60. The molecular weight excluding hydrogens is 251 g/mol. The largest absolute Gasteiger partial charge is 0.464 e. The van der Waals surface area contributed by atoms with Gasteiger partial charge < -0.3 is 4.74 Å². The molecule has 0 aliphatic rings. The average molecular weight is 262 g/mol. The van der Waals surface area contributed by atoms with E-state index in [2.05, 4.69) is 9.72 Å². The van der Waals surface area contributed by atoms with Crippen LogP contribution in [-0.4, -0.2) is 22.6 Å². The lowest BCUT2D eigenvalue weighted by molar-refractivity contribution is 0.0591. The van der Waals surface area contributed by atoms with Crippen LogP contribution in [0.2, 0.25) is 0 Å². The summed E-state index contributed by atoms with van der Waals surface area (Å²) < 4.78 is 18.7. The van der Waals surface area contributed by atoms with Crippen LogP contribution in [-0.2, 0) is 4.74 Å². The fourth-order valence-corrected chi connectivity index (χ4v) is 1.68. The SMILES string of the molecule is COC(=O)c1ncc(C)n(-c2ccc(F)cc2)c1=O. The van der Waals surface area contributed by atoms with Crippen molar-refractivity contribution < 1.29 is 13.9 Å². The van der Waals surface area contributed by atoms with E-state index >= 15 is 0 Å². The Hall–Kier alpha value is -2.50. The highest BCUT2D eigenvalue weighted by Crippen LogP contribution is 2.09. The molecule has 2 rings (SSSR count). The van der Waals surface area contributed by atoms with Gasteiger partial charge in [-0.3, -0.25) is 9.36 Å². The first-order valence-corrected chi connectivity index (χ1v) is 5.47. The molecule has 1 aromatic heterocycles. The smallest absolute Gasteiger partial charge is 0.362 e. The van der Waals surface area contributed by atoms with Crippen LogP contribution >= 0.6 is 0 Å². The van der Waals surface area contributed by atoms with E-state index < -0.39 is 17.3 Å². The summed E-state index contributed by atoms with van der Waals surface area (Å²) in [5.41, 5.74) is 0.0802. The molecule has 0 amide bonds. The molecule has 0 saturated heterocycles. The predicted molar refractivity (Wildman–Crippen MR) is 65.9 cm³/mol. The van der Waals surface area contributed by atoms with Gasteiger partial charge in [0.05, 0.1) is 7.11 Å². The molecule has 0 aliphatic heterocycles. The number of carbonyl (C=O) groups excluding carboxylic acids is 1. The highest BCUT2D eigenvalue weighted by Gasteiger charge is 2.16. The molecule has 0 unspecified atom stereocenters. The summed E-state index contributed by atoms with van der Waals surface area (Å²) in [4.78, 5) is 27.4. The zero-order valence-electron chi connectivity index (χ0n) is 10.4. The van der Waals surface area contributed by atoms with Gasteiger partial charge in [-0.25, -0.2) is 14.2 Å². The van der Waals surface area contributed by atoms with Crippen LogP contribution < -0.4 is 5.56 Å². The average Bonchev–Trinajstić information content (AvgIpc) is 2.40. The number of esters is 1. The Bertz CT molecular complexity index is 677. The molecule has 0 atom stereocenters. The van der Waals surface area contributed by atoms with Gasteiger partial charge in [0.2, 0.25) is 5.69 Å². The fourth-order valence-electron chi connectivity index (χ4n) is 1.68. The number of aromatic nitrogens is 2. The van der Waals surface area contributed by atoms with Crippen molar-refractivity contribution in [3.8, 4) is 5.69 Å².